The van der Waals surface area contributed by atoms with Crippen LogP contribution in [0.15, 0.2) is 38.6 Å². The molecule has 0 aliphatic heterocycles. The third-order valence-corrected chi connectivity index (χ3v) is 2.65. The molecule has 76 valence electrons. The molecule has 0 unspecified atom stereocenters. The van der Waals surface area contributed by atoms with Gasteiger partial charge in [0.15, 0.2) is 0 Å². The van der Waals surface area contributed by atoms with Gasteiger partial charge in [-0.3, -0.25) is 0 Å². The van der Waals surface area contributed by atoms with Crippen molar-refractivity contribution in [3.05, 3.63) is 24.3 Å². The van der Waals surface area contributed by atoms with E-state index in [1.807, 2.05) is 0 Å². The van der Waals surface area contributed by atoms with Crippen LogP contribution < -0.4 is 0 Å². The maximum atomic E-state index is 11.2. The van der Waals surface area contributed by atoms with Crippen LogP contribution in [0.4, 0.5) is 5.69 Å². The van der Waals surface area contributed by atoms with Gasteiger partial charge in [-0.05, 0) is 24.3 Å². The van der Waals surface area contributed by atoms with Crippen molar-refractivity contribution in [3.63, 3.8) is 0 Å². The number of rotatable bonds is 3. The maximum Gasteiger partial charge on any atom is 0.292 e. The second-order valence-corrected chi connectivity index (χ2v) is 3.96. The monoisotopic (exact) mass is 224 g/mol. The number of benzene rings is 1. The summed E-state index contributed by atoms with van der Waals surface area (Å²) in [6.07, 6.45) is 2.25. The van der Waals surface area contributed by atoms with Gasteiger partial charge < -0.3 is 0 Å². The van der Waals surface area contributed by atoms with Gasteiger partial charge in [0.25, 0.3) is 16.1 Å². The van der Waals surface area contributed by atoms with E-state index in [-0.39, 0.29) is 10.6 Å². The Morgan fingerprint density at radius 1 is 1.00 bits per heavy atom. The topological polar surface area (TPSA) is 93.0 Å². The first-order chi connectivity index (χ1) is 7.10. The molecule has 0 heterocycles. The molecule has 1 aromatic rings. The number of hydrogen-bond donors (Lipinski definition) is 0. The summed E-state index contributed by atoms with van der Waals surface area (Å²) in [5.74, 6) is 0. The molecule has 0 atom stereocenters. The first-order valence-corrected chi connectivity index (χ1v) is 5.06. The molecule has 0 aliphatic rings. The van der Waals surface area contributed by atoms with Crippen LogP contribution in [0.2, 0.25) is 0 Å². The summed E-state index contributed by atoms with van der Waals surface area (Å²) < 4.78 is 25.0. The lowest BCUT2D eigenvalue weighted by Crippen LogP contribution is -1.95. The molecule has 1 rings (SSSR count). The molecule has 0 aromatic heterocycles. The Balaban J connectivity index is 3.20. The van der Waals surface area contributed by atoms with Crippen LogP contribution in [0.1, 0.15) is 0 Å². The van der Waals surface area contributed by atoms with E-state index in [1.54, 1.807) is 0 Å². The van der Waals surface area contributed by atoms with Crippen LogP contribution in [0, 0.1) is 0 Å². The van der Waals surface area contributed by atoms with Gasteiger partial charge in [-0.25, -0.2) is 9.59 Å². The zero-order valence-electron chi connectivity index (χ0n) is 7.25. The van der Waals surface area contributed by atoms with E-state index >= 15 is 0 Å². The number of sulfonamides is 1. The van der Waals surface area contributed by atoms with E-state index in [0.717, 1.165) is 6.08 Å². The largest absolute Gasteiger partial charge is 0.292 e. The second-order valence-electron chi connectivity index (χ2n) is 2.35. The van der Waals surface area contributed by atoms with Crippen molar-refractivity contribution in [1.29, 1.82) is 0 Å². The van der Waals surface area contributed by atoms with E-state index in [1.165, 1.54) is 30.3 Å². The summed E-state index contributed by atoms with van der Waals surface area (Å²) >= 11 is 0. The Bertz CT molecular complexity index is 549. The summed E-state index contributed by atoms with van der Waals surface area (Å²) in [6.45, 7) is 0. The highest BCUT2D eigenvalue weighted by Crippen LogP contribution is 2.17. The Labute approximate surface area is 85.0 Å². The predicted octanol–water partition coefficient (Wildman–Crippen LogP) is 0.678. The fourth-order valence-electron chi connectivity index (χ4n) is 0.847. The first-order valence-electron chi connectivity index (χ1n) is 3.62. The molecule has 0 N–H and O–H groups in total. The molecule has 0 spiro atoms. The Kier molecular flexibility index (Phi) is 3.25. The molecule has 15 heavy (non-hydrogen) atoms. The minimum atomic E-state index is -3.98. The number of aliphatic imine (C=N–C) groups is 1. The third-order valence-electron chi connectivity index (χ3n) is 1.47. The molecule has 0 bridgehead atoms. The van der Waals surface area contributed by atoms with Crippen molar-refractivity contribution < 1.29 is 18.0 Å². The van der Waals surface area contributed by atoms with Crippen molar-refractivity contribution in [3.8, 4) is 0 Å². The summed E-state index contributed by atoms with van der Waals surface area (Å²) in [5, 5.41) is 0. The lowest BCUT2D eigenvalue weighted by Gasteiger charge is -1.95. The smallest absolute Gasteiger partial charge is 0.211 e. The highest BCUT2D eigenvalue weighted by atomic mass is 32.2. The van der Waals surface area contributed by atoms with Crippen LogP contribution in [0.3, 0.4) is 0 Å². The van der Waals surface area contributed by atoms with Gasteiger partial charge in [0.2, 0.25) is 6.08 Å². The first kappa shape index (κ1) is 11.0. The minimum absolute atomic E-state index is 0.171. The average Bonchev–Trinajstić information content (AvgIpc) is 2.19. The molecule has 6 nitrogen and oxygen atoms in total. The van der Waals surface area contributed by atoms with E-state index in [4.69, 9.17) is 0 Å². The summed E-state index contributed by atoms with van der Waals surface area (Å²) in [7, 11) is -3.98. The number of hydrogen-bond acceptors (Lipinski definition) is 5. The molecular formula is C8H4N2O4S. The Morgan fingerprint density at radius 2 is 1.60 bits per heavy atom. The normalized spacial score (nSPS) is 9.87. The molecule has 0 fully saturated rings. The van der Waals surface area contributed by atoms with Crippen LogP contribution in [-0.2, 0) is 19.6 Å². The molecule has 0 amide bonds. The van der Waals surface area contributed by atoms with Crippen LogP contribution in [0.5, 0.6) is 0 Å². The molecule has 7 heteroatoms. The van der Waals surface area contributed by atoms with Gasteiger partial charge in [-0.1, -0.05) is 4.40 Å². The van der Waals surface area contributed by atoms with E-state index in [2.05, 4.69) is 9.39 Å². The van der Waals surface area contributed by atoms with Crippen LogP contribution in [-0.4, -0.2) is 20.6 Å². The second kappa shape index (κ2) is 4.43. The van der Waals surface area contributed by atoms with Crippen LogP contribution in [0.25, 0.3) is 0 Å². The van der Waals surface area contributed by atoms with Crippen LogP contribution >= 0.6 is 0 Å². The van der Waals surface area contributed by atoms with Crippen molar-refractivity contribution in [2.45, 2.75) is 4.90 Å². The molecule has 0 aliphatic carbocycles. The standard InChI is InChI=1S/C8H4N2O4S/c11-5-9-7-1-3-8(4-2-7)15(13,14)10-6-12/h1-4H. The number of nitrogens with zero attached hydrogens (tertiary/aromatic N) is 2. The van der Waals surface area contributed by atoms with Crippen molar-refractivity contribution >= 4 is 27.9 Å². The van der Waals surface area contributed by atoms with E-state index in [9.17, 15) is 18.0 Å². The lowest BCUT2D eigenvalue weighted by atomic mass is 10.3. The van der Waals surface area contributed by atoms with Gasteiger partial charge in [-0.2, -0.15) is 13.4 Å². The zero-order chi connectivity index (χ0) is 11.3. The van der Waals surface area contributed by atoms with E-state index in [0.29, 0.717) is 0 Å². The molecule has 0 saturated carbocycles. The zero-order valence-corrected chi connectivity index (χ0v) is 8.06. The van der Waals surface area contributed by atoms with Crippen molar-refractivity contribution in [2.75, 3.05) is 0 Å². The maximum absolute atomic E-state index is 11.2. The van der Waals surface area contributed by atoms with Gasteiger partial charge in [-0.15, -0.1) is 0 Å². The van der Waals surface area contributed by atoms with Gasteiger partial charge in [0.05, 0.1) is 10.6 Å². The van der Waals surface area contributed by atoms with Gasteiger partial charge >= 0.3 is 0 Å². The van der Waals surface area contributed by atoms with Gasteiger partial charge in [0, 0.05) is 0 Å². The Morgan fingerprint density at radius 3 is 2.07 bits per heavy atom. The fraction of sp³-hybridized carbons (Fsp3) is 0. The Hall–Kier alpha value is -2.07. The third kappa shape index (κ3) is 2.69. The summed E-state index contributed by atoms with van der Waals surface area (Å²) in [4.78, 5) is 22.8. The SMILES string of the molecule is O=C=Nc1ccc(S(=O)(=O)N=C=O)cc1. The molecular weight excluding hydrogens is 220 g/mol. The molecule has 0 radical (unpaired) electrons. The van der Waals surface area contributed by atoms with Crippen molar-refractivity contribution in [1.82, 2.24) is 0 Å². The van der Waals surface area contributed by atoms with E-state index < -0.39 is 10.0 Å². The highest BCUT2D eigenvalue weighted by molar-refractivity contribution is 7.90. The predicted molar refractivity (Wildman–Crippen MR) is 49.5 cm³/mol. The summed E-state index contributed by atoms with van der Waals surface area (Å²) in [5.41, 5.74) is 0.263. The average molecular weight is 224 g/mol. The summed E-state index contributed by atoms with van der Waals surface area (Å²) in [6, 6.07) is 4.93. The van der Waals surface area contributed by atoms with Gasteiger partial charge in [0.1, 0.15) is 0 Å². The number of carbonyl (C=O) groups excluding carboxylic acids is 2. The minimum Gasteiger partial charge on any atom is -0.211 e. The molecule has 1 aromatic carbocycles. The fourth-order valence-corrected chi connectivity index (χ4v) is 1.53. The van der Waals surface area contributed by atoms with Crippen molar-refractivity contribution in [2.24, 2.45) is 9.39 Å². The molecule has 0 saturated heterocycles. The quantitative estimate of drug-likeness (QED) is 0.557. The highest BCUT2D eigenvalue weighted by Gasteiger charge is 2.11. The lowest BCUT2D eigenvalue weighted by molar-refractivity contribution is 0.563. The number of isocyanates is 2.